The van der Waals surface area contributed by atoms with E-state index >= 15 is 0 Å². The number of aryl methyl sites for hydroxylation is 1. The molecule has 0 spiro atoms. The summed E-state index contributed by atoms with van der Waals surface area (Å²) in [6.45, 7) is 2.12. The number of thioether (sulfide) groups is 1. The Bertz CT molecular complexity index is 503. The summed E-state index contributed by atoms with van der Waals surface area (Å²) in [6.07, 6.45) is 3.97. The molecule has 0 aliphatic rings. The molecule has 17 heavy (non-hydrogen) atoms. The summed E-state index contributed by atoms with van der Waals surface area (Å²) < 4.78 is 1.31. The van der Waals surface area contributed by atoms with E-state index in [9.17, 15) is 0 Å². The maximum Gasteiger partial charge on any atom is 0.0687 e. The number of nitrogens with one attached hydrogen (secondary N) is 1. The molecule has 0 bridgehead atoms. The van der Waals surface area contributed by atoms with Gasteiger partial charge in [-0.25, -0.2) is 0 Å². The lowest BCUT2D eigenvalue weighted by molar-refractivity contribution is 1.35. The molecule has 1 aromatic carbocycles. The van der Waals surface area contributed by atoms with Crippen LogP contribution in [0.15, 0.2) is 45.7 Å². The smallest absolute Gasteiger partial charge is 0.0687 e. The zero-order valence-corrected chi connectivity index (χ0v) is 11.4. The third kappa shape index (κ3) is 3.35. The van der Waals surface area contributed by atoms with Crippen LogP contribution in [0.3, 0.4) is 0 Å². The third-order valence-electron chi connectivity index (χ3n) is 2.20. The van der Waals surface area contributed by atoms with Crippen molar-refractivity contribution in [2.24, 2.45) is 5.10 Å². The van der Waals surface area contributed by atoms with Gasteiger partial charge in [-0.15, -0.1) is 23.1 Å². The van der Waals surface area contributed by atoms with E-state index < -0.39 is 0 Å². The predicted molar refractivity (Wildman–Crippen MR) is 78.5 cm³/mol. The molecular formula is C13H14N2S2. The number of para-hydroxylation sites is 1. The lowest BCUT2D eigenvalue weighted by Crippen LogP contribution is -1.89. The van der Waals surface area contributed by atoms with E-state index in [1.807, 2.05) is 36.5 Å². The number of rotatable bonds is 4. The van der Waals surface area contributed by atoms with Crippen molar-refractivity contribution in [3.05, 3.63) is 46.8 Å². The average molecular weight is 262 g/mol. The Hall–Kier alpha value is -1.26. The lowest BCUT2D eigenvalue weighted by atomic mass is 10.3. The van der Waals surface area contributed by atoms with Crippen LogP contribution in [0.1, 0.15) is 10.4 Å². The van der Waals surface area contributed by atoms with Crippen molar-refractivity contribution in [2.75, 3.05) is 11.7 Å². The molecule has 88 valence electrons. The van der Waals surface area contributed by atoms with E-state index in [0.29, 0.717) is 0 Å². The number of benzene rings is 1. The summed E-state index contributed by atoms with van der Waals surface area (Å²) >= 11 is 3.57. The summed E-state index contributed by atoms with van der Waals surface area (Å²) in [5.41, 5.74) is 5.20. The van der Waals surface area contributed by atoms with E-state index in [4.69, 9.17) is 0 Å². The van der Waals surface area contributed by atoms with Gasteiger partial charge in [-0.2, -0.15) is 5.10 Å². The number of hydrazone groups is 1. The topological polar surface area (TPSA) is 24.4 Å². The molecule has 2 aromatic rings. The predicted octanol–water partition coefficient (Wildman–Crippen LogP) is 4.22. The number of hydrogen-bond donors (Lipinski definition) is 1. The number of hydrogen-bond acceptors (Lipinski definition) is 4. The molecule has 0 amide bonds. The van der Waals surface area contributed by atoms with Crippen LogP contribution in [-0.2, 0) is 0 Å². The highest BCUT2D eigenvalue weighted by atomic mass is 32.2. The van der Waals surface area contributed by atoms with Gasteiger partial charge in [0.2, 0.25) is 0 Å². The molecule has 2 rings (SSSR count). The Kier molecular flexibility index (Phi) is 4.23. The maximum absolute atomic E-state index is 4.25. The highest BCUT2D eigenvalue weighted by Gasteiger charge is 2.02. The second kappa shape index (κ2) is 5.89. The second-order valence-corrected chi connectivity index (χ2v) is 5.87. The quantitative estimate of drug-likeness (QED) is 0.507. The molecule has 0 aliphatic heterocycles. The van der Waals surface area contributed by atoms with Gasteiger partial charge in [0.25, 0.3) is 0 Å². The Morgan fingerprint density at radius 1 is 1.29 bits per heavy atom. The highest BCUT2D eigenvalue weighted by Crippen LogP contribution is 2.28. The van der Waals surface area contributed by atoms with Gasteiger partial charge in [-0.3, -0.25) is 5.43 Å². The van der Waals surface area contributed by atoms with E-state index in [2.05, 4.69) is 29.8 Å². The van der Waals surface area contributed by atoms with Crippen molar-refractivity contribution >= 4 is 35.0 Å². The van der Waals surface area contributed by atoms with Crippen LogP contribution in [0, 0.1) is 6.92 Å². The normalized spacial score (nSPS) is 10.9. The van der Waals surface area contributed by atoms with Crippen LogP contribution < -0.4 is 5.43 Å². The third-order valence-corrected chi connectivity index (χ3v) is 4.42. The van der Waals surface area contributed by atoms with Gasteiger partial charge >= 0.3 is 0 Å². The first kappa shape index (κ1) is 12.2. The van der Waals surface area contributed by atoms with Crippen LogP contribution >= 0.6 is 23.1 Å². The molecule has 0 fully saturated rings. The average Bonchev–Trinajstić information content (AvgIpc) is 2.71. The number of anilines is 1. The summed E-state index contributed by atoms with van der Waals surface area (Å²) in [4.78, 5) is 1.32. The molecule has 0 unspecified atom stereocenters. The van der Waals surface area contributed by atoms with Gasteiger partial charge in [0.05, 0.1) is 16.1 Å². The summed E-state index contributed by atoms with van der Waals surface area (Å²) in [5, 5.41) is 4.25. The van der Waals surface area contributed by atoms with Crippen molar-refractivity contribution in [2.45, 2.75) is 11.1 Å². The molecule has 0 radical (unpaired) electrons. The van der Waals surface area contributed by atoms with Gasteiger partial charge in [0, 0.05) is 10.4 Å². The fourth-order valence-electron chi connectivity index (χ4n) is 1.45. The summed E-state index contributed by atoms with van der Waals surface area (Å²) in [6, 6.07) is 12.1. The standard InChI is InChI=1S/C13H14N2S2/c1-10-8-11(13(16-2)17-10)9-14-15-12-6-4-3-5-7-12/h3-9,15H,1-2H3. The molecule has 1 heterocycles. The molecule has 0 atom stereocenters. The van der Waals surface area contributed by atoms with E-state index in [1.165, 1.54) is 14.6 Å². The minimum Gasteiger partial charge on any atom is -0.279 e. The fourth-order valence-corrected chi connectivity index (χ4v) is 3.23. The maximum atomic E-state index is 4.25. The molecule has 1 aromatic heterocycles. The van der Waals surface area contributed by atoms with Gasteiger partial charge < -0.3 is 0 Å². The molecular weight excluding hydrogens is 248 g/mol. The van der Waals surface area contributed by atoms with E-state index in [0.717, 1.165) is 5.69 Å². The number of thiophene rings is 1. The fraction of sp³-hybridized carbons (Fsp3) is 0.154. The Morgan fingerprint density at radius 3 is 2.76 bits per heavy atom. The van der Waals surface area contributed by atoms with Gasteiger partial charge in [0.1, 0.15) is 0 Å². The van der Waals surface area contributed by atoms with Crippen LogP contribution in [-0.4, -0.2) is 12.5 Å². The zero-order valence-electron chi connectivity index (χ0n) is 9.81. The van der Waals surface area contributed by atoms with Crippen molar-refractivity contribution < 1.29 is 0 Å². The van der Waals surface area contributed by atoms with Crippen molar-refractivity contribution in [3.63, 3.8) is 0 Å². The lowest BCUT2D eigenvalue weighted by Gasteiger charge is -1.98. The van der Waals surface area contributed by atoms with Gasteiger partial charge in [-0.1, -0.05) is 18.2 Å². The molecule has 2 nitrogen and oxygen atoms in total. The minimum atomic E-state index is 1.00. The monoisotopic (exact) mass is 262 g/mol. The summed E-state index contributed by atoms with van der Waals surface area (Å²) in [5.74, 6) is 0. The SMILES string of the molecule is CSc1sc(C)cc1C=NNc1ccccc1. The van der Waals surface area contributed by atoms with E-state index in [1.54, 1.807) is 23.1 Å². The largest absolute Gasteiger partial charge is 0.279 e. The number of nitrogens with zero attached hydrogens (tertiary/aromatic N) is 1. The van der Waals surface area contributed by atoms with Gasteiger partial charge in [-0.05, 0) is 31.4 Å². The molecule has 0 aliphatic carbocycles. The van der Waals surface area contributed by atoms with Crippen LogP contribution in [0.4, 0.5) is 5.69 Å². The molecule has 0 saturated carbocycles. The van der Waals surface area contributed by atoms with Gasteiger partial charge in [0.15, 0.2) is 0 Å². The first-order valence-corrected chi connectivity index (χ1v) is 7.32. The van der Waals surface area contributed by atoms with Crippen LogP contribution in [0.2, 0.25) is 0 Å². The minimum absolute atomic E-state index is 1.00. The summed E-state index contributed by atoms with van der Waals surface area (Å²) in [7, 11) is 0. The first-order valence-electron chi connectivity index (χ1n) is 5.28. The zero-order chi connectivity index (χ0) is 12.1. The molecule has 0 saturated heterocycles. The van der Waals surface area contributed by atoms with Crippen molar-refractivity contribution in [1.82, 2.24) is 0 Å². The van der Waals surface area contributed by atoms with Crippen LogP contribution in [0.5, 0.6) is 0 Å². The second-order valence-electron chi connectivity index (χ2n) is 3.54. The Morgan fingerprint density at radius 2 is 2.06 bits per heavy atom. The highest BCUT2D eigenvalue weighted by molar-refractivity contribution is 8.00. The molecule has 1 N–H and O–H groups in total. The first-order chi connectivity index (χ1) is 8.29. The van der Waals surface area contributed by atoms with Crippen molar-refractivity contribution in [1.29, 1.82) is 0 Å². The molecule has 4 heteroatoms. The van der Waals surface area contributed by atoms with E-state index in [-0.39, 0.29) is 0 Å². The van der Waals surface area contributed by atoms with Crippen LogP contribution in [0.25, 0.3) is 0 Å². The Balaban J connectivity index is 2.05. The Labute approximate surface area is 110 Å². The van der Waals surface area contributed by atoms with Crippen molar-refractivity contribution in [3.8, 4) is 0 Å².